The Balaban J connectivity index is 1.16. The van der Waals surface area contributed by atoms with Gasteiger partial charge >= 0.3 is 0 Å². The molecule has 0 atom stereocenters. The van der Waals surface area contributed by atoms with E-state index < -0.39 is 16.1 Å². The lowest BCUT2D eigenvalue weighted by Gasteiger charge is -2.40. The SMILES string of the molecule is Cc1cc(C)c(C=N/C(=C\C(=N)c2cccc3c2Oc2ccccc2[Si]3(c2ccccc2)c2ccccc2)c2cccc3c2Oc2ccccc2[Si]3(c2ccccc2)c2ccccc2)c(C)c1. The maximum Gasteiger partial charge on any atom is 0.188 e. The number of aryl methyl sites for hydroxylation is 3. The van der Waals surface area contributed by atoms with Gasteiger partial charge in [-0.05, 0) is 109 Å². The molecular formula is C61H48N2O2Si2. The van der Waals surface area contributed by atoms with E-state index in [0.717, 1.165) is 49.9 Å². The number of aliphatic imine (C=N–C) groups is 1. The topological polar surface area (TPSA) is 54.7 Å². The molecule has 322 valence electrons. The van der Waals surface area contributed by atoms with E-state index in [9.17, 15) is 5.41 Å². The van der Waals surface area contributed by atoms with E-state index >= 15 is 0 Å². The average Bonchev–Trinajstić information content (AvgIpc) is 3.37. The first-order chi connectivity index (χ1) is 32.9. The number of nitrogens with one attached hydrogen (secondary N) is 1. The highest BCUT2D eigenvalue weighted by Gasteiger charge is 2.50. The van der Waals surface area contributed by atoms with E-state index in [4.69, 9.17) is 14.5 Å². The highest BCUT2D eigenvalue weighted by atomic mass is 28.3. The second kappa shape index (κ2) is 17.1. The van der Waals surface area contributed by atoms with Gasteiger partial charge in [0.15, 0.2) is 16.1 Å². The standard InChI is InChI=1S/C61H48N2O2Si2/c1-42-38-43(2)51(44(3)39-42)41-63-53(50-31-21-37-59-61(50)65-55-33-17-19-35-57(55)67(59,47-26-12-6-13-27-47)48-28-14-7-15-29-48)40-52(62)49-30-20-36-58-60(49)64-54-32-16-18-34-56(54)66(58,45-22-8-4-9-23-45)46-24-10-5-11-25-46/h4-41,62H,1-3H3/b53-40-,62-52?,63-41?. The van der Waals surface area contributed by atoms with E-state index in [1.807, 2.05) is 24.4 Å². The van der Waals surface area contributed by atoms with Crippen molar-refractivity contribution in [2.75, 3.05) is 0 Å². The molecule has 0 spiro atoms. The Morgan fingerprint density at radius 2 is 0.806 bits per heavy atom. The fourth-order valence-corrected chi connectivity index (χ4v) is 20.7. The lowest BCUT2D eigenvalue weighted by atomic mass is 10.0. The smallest absolute Gasteiger partial charge is 0.188 e. The van der Waals surface area contributed by atoms with Crippen LogP contribution in [0.15, 0.2) is 229 Å². The zero-order valence-corrected chi connectivity index (χ0v) is 39.7. The van der Waals surface area contributed by atoms with Crippen LogP contribution in [0.1, 0.15) is 33.4 Å². The molecule has 4 nitrogen and oxygen atoms in total. The van der Waals surface area contributed by atoms with Crippen LogP contribution in [-0.2, 0) is 0 Å². The van der Waals surface area contributed by atoms with Crippen molar-refractivity contribution in [3.63, 3.8) is 0 Å². The predicted molar refractivity (Wildman–Crippen MR) is 283 cm³/mol. The summed E-state index contributed by atoms with van der Waals surface area (Å²) in [6.45, 7) is 6.40. The molecule has 0 aliphatic carbocycles. The first kappa shape index (κ1) is 41.8. The van der Waals surface area contributed by atoms with Crippen molar-refractivity contribution in [1.82, 2.24) is 0 Å². The Kier molecular flexibility index (Phi) is 10.7. The van der Waals surface area contributed by atoms with Crippen LogP contribution in [0.3, 0.4) is 0 Å². The molecule has 11 rings (SSSR count). The minimum absolute atomic E-state index is 0.285. The summed E-state index contributed by atoms with van der Waals surface area (Å²) in [6.07, 6.45) is 3.88. The fourth-order valence-electron chi connectivity index (χ4n) is 10.8. The molecule has 6 heteroatoms. The molecule has 0 aromatic heterocycles. The molecule has 2 aliphatic heterocycles. The second-order valence-electron chi connectivity index (χ2n) is 17.5. The van der Waals surface area contributed by atoms with Gasteiger partial charge in [0.2, 0.25) is 0 Å². The Morgan fingerprint density at radius 1 is 0.433 bits per heavy atom. The molecule has 2 heterocycles. The molecule has 0 fully saturated rings. The Hall–Kier alpha value is -7.91. The summed E-state index contributed by atoms with van der Waals surface area (Å²) in [7, 11) is -5.93. The third-order valence-corrected chi connectivity index (χ3v) is 23.2. The maximum absolute atomic E-state index is 10.2. The van der Waals surface area contributed by atoms with Gasteiger partial charge < -0.3 is 14.9 Å². The summed E-state index contributed by atoms with van der Waals surface area (Å²) < 4.78 is 14.2. The number of rotatable bonds is 9. The van der Waals surface area contributed by atoms with Gasteiger partial charge in [0.1, 0.15) is 23.0 Å². The van der Waals surface area contributed by atoms with Gasteiger partial charge in [-0.25, -0.2) is 0 Å². The van der Waals surface area contributed by atoms with Gasteiger partial charge in [-0.2, -0.15) is 0 Å². The fraction of sp³-hybridized carbons (Fsp3) is 0.0492. The molecule has 0 amide bonds. The monoisotopic (exact) mass is 896 g/mol. The largest absolute Gasteiger partial charge is 0.457 e. The highest BCUT2D eigenvalue weighted by molar-refractivity contribution is 7.21. The molecule has 9 aromatic rings. The lowest BCUT2D eigenvalue weighted by molar-refractivity contribution is 0.485. The molecular weight excluding hydrogens is 849 g/mol. The summed E-state index contributed by atoms with van der Waals surface area (Å²) in [6, 6.07) is 77.8. The number of nitrogens with zero attached hydrogens (tertiary/aromatic N) is 1. The van der Waals surface area contributed by atoms with Crippen molar-refractivity contribution in [1.29, 1.82) is 5.41 Å². The summed E-state index contributed by atoms with van der Waals surface area (Å²) in [4.78, 5) is 5.41. The number of hydrogen-bond donors (Lipinski definition) is 1. The molecule has 0 radical (unpaired) electrons. The molecule has 0 bridgehead atoms. The van der Waals surface area contributed by atoms with Gasteiger partial charge in [-0.3, -0.25) is 4.99 Å². The summed E-state index contributed by atoms with van der Waals surface area (Å²) in [5, 5.41) is 19.9. The minimum atomic E-state index is -2.98. The number of hydrogen-bond acceptors (Lipinski definition) is 4. The van der Waals surface area contributed by atoms with Crippen LogP contribution < -0.4 is 51.0 Å². The summed E-state index contributed by atoms with van der Waals surface area (Å²) in [5.74, 6) is 3.11. The normalized spacial score (nSPS) is 14.2. The zero-order chi connectivity index (χ0) is 45.5. The molecule has 67 heavy (non-hydrogen) atoms. The third-order valence-electron chi connectivity index (χ3n) is 13.6. The van der Waals surface area contributed by atoms with Crippen LogP contribution >= 0.6 is 0 Å². The average molecular weight is 897 g/mol. The minimum Gasteiger partial charge on any atom is -0.457 e. The Bertz CT molecular complexity index is 3300. The Morgan fingerprint density at radius 3 is 1.25 bits per heavy atom. The van der Waals surface area contributed by atoms with Gasteiger partial charge in [0.25, 0.3) is 0 Å². The first-order valence-corrected chi connectivity index (χ1v) is 26.9. The summed E-state index contributed by atoms with van der Waals surface area (Å²) in [5.41, 5.74) is 6.95. The molecule has 9 aromatic carbocycles. The third kappa shape index (κ3) is 6.87. The molecule has 0 unspecified atom stereocenters. The predicted octanol–water partition coefficient (Wildman–Crippen LogP) is 9.11. The number of fused-ring (bicyclic) bond motifs is 4. The molecule has 0 saturated heterocycles. The van der Waals surface area contributed by atoms with E-state index in [2.05, 4.69) is 227 Å². The second-order valence-corrected chi connectivity index (χ2v) is 25.0. The van der Waals surface area contributed by atoms with Crippen LogP contribution in [0.4, 0.5) is 0 Å². The molecule has 0 saturated carbocycles. The number of ether oxygens (including phenoxy) is 2. The van der Waals surface area contributed by atoms with Crippen molar-refractivity contribution in [2.45, 2.75) is 20.8 Å². The van der Waals surface area contributed by atoms with Crippen molar-refractivity contribution in [2.24, 2.45) is 4.99 Å². The van der Waals surface area contributed by atoms with Gasteiger partial charge in [0, 0.05) is 17.3 Å². The number of allylic oxidation sites excluding steroid dienone is 1. The number of para-hydroxylation sites is 4. The van der Waals surface area contributed by atoms with Crippen molar-refractivity contribution >= 4 is 75.3 Å². The zero-order valence-electron chi connectivity index (χ0n) is 37.7. The molecule has 1 N–H and O–H groups in total. The highest BCUT2D eigenvalue weighted by Crippen LogP contribution is 2.37. The quantitative estimate of drug-likeness (QED) is 0.116. The van der Waals surface area contributed by atoms with Crippen molar-refractivity contribution in [3.05, 3.63) is 258 Å². The van der Waals surface area contributed by atoms with Gasteiger partial charge in [-0.15, -0.1) is 0 Å². The maximum atomic E-state index is 10.2. The van der Waals surface area contributed by atoms with Gasteiger partial charge in [0.05, 0.1) is 11.4 Å². The first-order valence-electron chi connectivity index (χ1n) is 22.9. The summed E-state index contributed by atoms with van der Waals surface area (Å²) >= 11 is 0. The van der Waals surface area contributed by atoms with E-state index in [1.54, 1.807) is 0 Å². The van der Waals surface area contributed by atoms with Crippen LogP contribution in [0.25, 0.3) is 5.70 Å². The van der Waals surface area contributed by atoms with Crippen LogP contribution in [-0.4, -0.2) is 28.1 Å². The van der Waals surface area contributed by atoms with Crippen molar-refractivity contribution < 1.29 is 9.47 Å². The van der Waals surface area contributed by atoms with E-state index in [1.165, 1.54) is 36.7 Å². The molecule has 2 aliphatic rings. The van der Waals surface area contributed by atoms with Crippen molar-refractivity contribution in [3.8, 4) is 23.0 Å². The van der Waals surface area contributed by atoms with Crippen LogP contribution in [0.2, 0.25) is 0 Å². The Labute approximate surface area is 394 Å². The lowest BCUT2D eigenvalue weighted by Crippen LogP contribution is -2.76. The van der Waals surface area contributed by atoms with Crippen LogP contribution in [0, 0.1) is 26.2 Å². The van der Waals surface area contributed by atoms with Crippen LogP contribution in [0.5, 0.6) is 23.0 Å². The van der Waals surface area contributed by atoms with E-state index in [0.29, 0.717) is 17.0 Å². The van der Waals surface area contributed by atoms with E-state index in [-0.39, 0.29) is 5.71 Å². The van der Waals surface area contributed by atoms with Gasteiger partial charge in [-0.1, -0.05) is 200 Å². The number of benzene rings is 9.